The standard InChI is InChI=1S/C14H23N3/c1-13(2)10-14(11-15,6-9-17(13)3)12-4-7-16-8-5-12/h4-5,7-8H,6,9-11,15H2,1-3H3. The van der Waals surface area contributed by atoms with Crippen LogP contribution in [0.2, 0.25) is 0 Å². The van der Waals surface area contributed by atoms with E-state index in [0.717, 1.165) is 19.4 Å². The second-order valence-electron chi connectivity index (χ2n) is 5.88. The van der Waals surface area contributed by atoms with Crippen LogP contribution in [0, 0.1) is 0 Å². The van der Waals surface area contributed by atoms with E-state index in [1.165, 1.54) is 5.56 Å². The van der Waals surface area contributed by atoms with Gasteiger partial charge in [-0.25, -0.2) is 0 Å². The fourth-order valence-corrected chi connectivity index (χ4v) is 2.98. The van der Waals surface area contributed by atoms with E-state index in [9.17, 15) is 0 Å². The van der Waals surface area contributed by atoms with E-state index in [1.54, 1.807) is 0 Å². The van der Waals surface area contributed by atoms with E-state index < -0.39 is 0 Å². The van der Waals surface area contributed by atoms with Crippen molar-refractivity contribution >= 4 is 0 Å². The molecule has 2 N–H and O–H groups in total. The number of hydrogen-bond donors (Lipinski definition) is 1. The number of rotatable bonds is 2. The van der Waals surface area contributed by atoms with E-state index in [4.69, 9.17) is 5.73 Å². The maximum Gasteiger partial charge on any atom is 0.0270 e. The molecule has 2 rings (SSSR count). The van der Waals surface area contributed by atoms with Gasteiger partial charge >= 0.3 is 0 Å². The fraction of sp³-hybridized carbons (Fsp3) is 0.643. The van der Waals surface area contributed by atoms with Crippen LogP contribution >= 0.6 is 0 Å². The summed E-state index contributed by atoms with van der Waals surface area (Å²) in [5.74, 6) is 0. The summed E-state index contributed by atoms with van der Waals surface area (Å²) in [7, 11) is 2.20. The Bertz CT molecular complexity index is 374. The van der Waals surface area contributed by atoms with Gasteiger partial charge in [-0.2, -0.15) is 0 Å². The monoisotopic (exact) mass is 233 g/mol. The van der Waals surface area contributed by atoms with E-state index in [1.807, 2.05) is 12.4 Å². The highest BCUT2D eigenvalue weighted by atomic mass is 15.2. The molecule has 1 aromatic heterocycles. The molecule has 0 radical (unpaired) electrons. The summed E-state index contributed by atoms with van der Waals surface area (Å²) in [5, 5.41) is 0. The van der Waals surface area contributed by atoms with E-state index >= 15 is 0 Å². The highest BCUT2D eigenvalue weighted by molar-refractivity contribution is 5.26. The molecule has 1 atom stereocenters. The van der Waals surface area contributed by atoms with E-state index in [0.29, 0.717) is 6.54 Å². The predicted octanol–water partition coefficient (Wildman–Crippen LogP) is 1.78. The predicted molar refractivity (Wildman–Crippen MR) is 70.9 cm³/mol. The van der Waals surface area contributed by atoms with Gasteiger partial charge in [0.15, 0.2) is 0 Å². The highest BCUT2D eigenvalue weighted by Gasteiger charge is 2.42. The van der Waals surface area contributed by atoms with Crippen LogP contribution in [-0.4, -0.2) is 35.6 Å². The lowest BCUT2D eigenvalue weighted by Crippen LogP contribution is -2.55. The molecule has 0 bridgehead atoms. The summed E-state index contributed by atoms with van der Waals surface area (Å²) in [6.07, 6.45) is 5.99. The van der Waals surface area contributed by atoms with Crippen molar-refractivity contribution in [2.45, 2.75) is 37.6 Å². The van der Waals surface area contributed by atoms with Gasteiger partial charge in [-0.05, 0) is 58.0 Å². The summed E-state index contributed by atoms with van der Waals surface area (Å²) in [4.78, 5) is 6.54. The summed E-state index contributed by atoms with van der Waals surface area (Å²) in [5.41, 5.74) is 7.77. The van der Waals surface area contributed by atoms with Gasteiger partial charge in [-0.15, -0.1) is 0 Å². The summed E-state index contributed by atoms with van der Waals surface area (Å²) in [6, 6.07) is 4.24. The van der Waals surface area contributed by atoms with Gasteiger partial charge < -0.3 is 10.6 Å². The minimum absolute atomic E-state index is 0.124. The molecule has 0 spiro atoms. The first-order valence-electron chi connectivity index (χ1n) is 6.32. The Morgan fingerprint density at radius 1 is 1.35 bits per heavy atom. The molecule has 1 aromatic rings. The van der Waals surface area contributed by atoms with Crippen molar-refractivity contribution < 1.29 is 0 Å². The smallest absolute Gasteiger partial charge is 0.0270 e. The average Bonchev–Trinajstić information content (AvgIpc) is 2.34. The van der Waals surface area contributed by atoms with Gasteiger partial charge in [0.1, 0.15) is 0 Å². The quantitative estimate of drug-likeness (QED) is 0.846. The van der Waals surface area contributed by atoms with Crippen LogP contribution in [-0.2, 0) is 5.41 Å². The molecule has 0 aliphatic carbocycles. The third kappa shape index (κ3) is 2.22. The third-order valence-electron chi connectivity index (χ3n) is 4.41. The largest absolute Gasteiger partial charge is 0.330 e. The molecule has 1 fully saturated rings. The second-order valence-corrected chi connectivity index (χ2v) is 5.88. The zero-order chi connectivity index (χ0) is 12.5. The number of nitrogens with two attached hydrogens (primary N) is 1. The van der Waals surface area contributed by atoms with Crippen molar-refractivity contribution in [1.82, 2.24) is 9.88 Å². The lowest BCUT2D eigenvalue weighted by Gasteiger charge is -2.50. The van der Waals surface area contributed by atoms with Crippen LogP contribution in [0.4, 0.5) is 0 Å². The molecule has 0 aromatic carbocycles. The van der Waals surface area contributed by atoms with Gasteiger partial charge in [-0.3, -0.25) is 4.98 Å². The first-order chi connectivity index (χ1) is 8.00. The molecule has 2 heterocycles. The number of nitrogens with zero attached hydrogens (tertiary/aromatic N) is 2. The van der Waals surface area contributed by atoms with Crippen LogP contribution in [0.1, 0.15) is 32.3 Å². The molecule has 3 nitrogen and oxygen atoms in total. The van der Waals surface area contributed by atoms with Crippen molar-refractivity contribution in [1.29, 1.82) is 0 Å². The number of piperidine rings is 1. The Kier molecular flexibility index (Phi) is 3.23. The third-order valence-corrected chi connectivity index (χ3v) is 4.41. The van der Waals surface area contributed by atoms with Crippen molar-refractivity contribution in [3.05, 3.63) is 30.1 Å². The molecule has 1 unspecified atom stereocenters. The van der Waals surface area contributed by atoms with Crippen LogP contribution in [0.15, 0.2) is 24.5 Å². The lowest BCUT2D eigenvalue weighted by atomic mass is 9.67. The Hall–Kier alpha value is -0.930. The molecule has 1 saturated heterocycles. The summed E-state index contributed by atoms with van der Waals surface area (Å²) >= 11 is 0. The van der Waals surface area contributed by atoms with Crippen molar-refractivity contribution in [3.63, 3.8) is 0 Å². The second kappa shape index (κ2) is 4.39. The Balaban J connectivity index is 2.34. The highest BCUT2D eigenvalue weighted by Crippen LogP contribution is 2.41. The lowest BCUT2D eigenvalue weighted by molar-refractivity contribution is 0.0567. The Morgan fingerprint density at radius 3 is 2.53 bits per heavy atom. The van der Waals surface area contributed by atoms with Crippen LogP contribution in [0.3, 0.4) is 0 Å². The minimum Gasteiger partial charge on any atom is -0.330 e. The van der Waals surface area contributed by atoms with Gasteiger partial charge in [0, 0.05) is 29.9 Å². The van der Waals surface area contributed by atoms with E-state index in [-0.39, 0.29) is 11.0 Å². The zero-order valence-electron chi connectivity index (χ0n) is 11.1. The van der Waals surface area contributed by atoms with Crippen LogP contribution in [0.25, 0.3) is 0 Å². The first kappa shape index (κ1) is 12.5. The van der Waals surface area contributed by atoms with Gasteiger partial charge in [-0.1, -0.05) is 0 Å². The molecule has 17 heavy (non-hydrogen) atoms. The van der Waals surface area contributed by atoms with Crippen molar-refractivity contribution in [3.8, 4) is 0 Å². The maximum absolute atomic E-state index is 6.10. The minimum atomic E-state index is 0.124. The zero-order valence-corrected chi connectivity index (χ0v) is 11.1. The van der Waals surface area contributed by atoms with Crippen molar-refractivity contribution in [2.24, 2.45) is 5.73 Å². The SMILES string of the molecule is CN1CCC(CN)(c2ccncc2)CC1(C)C. The molecule has 94 valence electrons. The fourth-order valence-electron chi connectivity index (χ4n) is 2.98. The Labute approximate surface area is 104 Å². The van der Waals surface area contributed by atoms with Gasteiger partial charge in [0.2, 0.25) is 0 Å². The van der Waals surface area contributed by atoms with Gasteiger partial charge in [0.25, 0.3) is 0 Å². The molecular formula is C14H23N3. The molecule has 0 amide bonds. The normalized spacial score (nSPS) is 29.2. The Morgan fingerprint density at radius 2 is 2.00 bits per heavy atom. The van der Waals surface area contributed by atoms with E-state index in [2.05, 4.69) is 42.9 Å². The number of hydrogen-bond acceptors (Lipinski definition) is 3. The number of pyridine rings is 1. The topological polar surface area (TPSA) is 42.1 Å². The average molecular weight is 233 g/mol. The van der Waals surface area contributed by atoms with Gasteiger partial charge in [0.05, 0.1) is 0 Å². The maximum atomic E-state index is 6.10. The molecular weight excluding hydrogens is 210 g/mol. The number of aromatic nitrogens is 1. The van der Waals surface area contributed by atoms with Crippen molar-refractivity contribution in [2.75, 3.05) is 20.1 Å². The molecule has 0 saturated carbocycles. The molecule has 1 aliphatic heterocycles. The first-order valence-corrected chi connectivity index (χ1v) is 6.32. The summed E-state index contributed by atoms with van der Waals surface area (Å²) < 4.78 is 0. The molecule has 3 heteroatoms. The molecule has 1 aliphatic rings. The van der Waals surface area contributed by atoms with Crippen LogP contribution < -0.4 is 5.73 Å². The number of likely N-dealkylation sites (tertiary alicyclic amines) is 1. The summed E-state index contributed by atoms with van der Waals surface area (Å²) in [6.45, 7) is 6.43. The van der Waals surface area contributed by atoms with Crippen LogP contribution in [0.5, 0.6) is 0 Å².